The summed E-state index contributed by atoms with van der Waals surface area (Å²) in [6.07, 6.45) is 0. The molecule has 0 bridgehead atoms. The normalized spacial score (nSPS) is 11.9. The van der Waals surface area contributed by atoms with Gasteiger partial charge in [0, 0.05) is 28.3 Å². The molecule has 0 aliphatic rings. The SMILES string of the molecule is COc1cccc(NC(=O)[C@H](C)N(C)Cc2cc(Br)ccc2OC)c1. The third-order valence-corrected chi connectivity index (χ3v) is 4.53. The van der Waals surface area contributed by atoms with Crippen molar-refractivity contribution in [3.05, 3.63) is 52.5 Å². The zero-order valence-electron chi connectivity index (χ0n) is 14.9. The van der Waals surface area contributed by atoms with Crippen molar-refractivity contribution in [1.29, 1.82) is 0 Å². The molecule has 2 rings (SSSR count). The number of hydrogen-bond donors (Lipinski definition) is 1. The predicted octanol–water partition coefficient (Wildman–Crippen LogP) is 3.93. The van der Waals surface area contributed by atoms with Crippen molar-refractivity contribution in [2.45, 2.75) is 19.5 Å². The van der Waals surface area contributed by atoms with Gasteiger partial charge in [-0.25, -0.2) is 0 Å². The molecule has 0 spiro atoms. The van der Waals surface area contributed by atoms with Crippen LogP contribution in [0.5, 0.6) is 11.5 Å². The Morgan fingerprint density at radius 3 is 2.64 bits per heavy atom. The van der Waals surface area contributed by atoms with E-state index in [2.05, 4.69) is 21.2 Å². The second kappa shape index (κ2) is 8.87. The van der Waals surface area contributed by atoms with Gasteiger partial charge in [0.15, 0.2) is 0 Å². The van der Waals surface area contributed by atoms with Gasteiger partial charge in [-0.3, -0.25) is 9.69 Å². The van der Waals surface area contributed by atoms with Crippen LogP contribution in [0.4, 0.5) is 5.69 Å². The Morgan fingerprint density at radius 2 is 1.96 bits per heavy atom. The van der Waals surface area contributed by atoms with Crippen LogP contribution in [-0.2, 0) is 11.3 Å². The Morgan fingerprint density at radius 1 is 1.20 bits per heavy atom. The monoisotopic (exact) mass is 406 g/mol. The first-order valence-corrected chi connectivity index (χ1v) is 8.71. The van der Waals surface area contributed by atoms with Gasteiger partial charge in [0.05, 0.1) is 20.3 Å². The summed E-state index contributed by atoms with van der Waals surface area (Å²) in [5, 5.41) is 2.92. The molecule has 1 amide bonds. The Bertz CT molecular complexity index is 736. The second-order valence-corrected chi connectivity index (χ2v) is 6.68. The summed E-state index contributed by atoms with van der Waals surface area (Å²) >= 11 is 3.47. The van der Waals surface area contributed by atoms with Crippen molar-refractivity contribution >= 4 is 27.5 Å². The number of nitrogens with zero attached hydrogens (tertiary/aromatic N) is 1. The van der Waals surface area contributed by atoms with Crippen LogP contribution in [-0.4, -0.2) is 38.1 Å². The van der Waals surface area contributed by atoms with Crippen LogP contribution in [0.2, 0.25) is 0 Å². The van der Waals surface area contributed by atoms with Gasteiger partial charge in [0.2, 0.25) is 5.91 Å². The summed E-state index contributed by atoms with van der Waals surface area (Å²) in [5.74, 6) is 1.43. The molecular formula is C19H23BrN2O3. The minimum atomic E-state index is -0.310. The molecule has 0 radical (unpaired) electrons. The molecule has 5 nitrogen and oxygen atoms in total. The number of nitrogens with one attached hydrogen (secondary N) is 1. The van der Waals surface area contributed by atoms with Gasteiger partial charge in [0.1, 0.15) is 11.5 Å². The van der Waals surface area contributed by atoms with Gasteiger partial charge in [0.25, 0.3) is 0 Å². The first kappa shape index (κ1) is 19.3. The van der Waals surface area contributed by atoms with Crippen LogP contribution >= 0.6 is 15.9 Å². The second-order valence-electron chi connectivity index (χ2n) is 5.77. The van der Waals surface area contributed by atoms with E-state index in [1.54, 1.807) is 20.3 Å². The fourth-order valence-corrected chi connectivity index (χ4v) is 2.83. The van der Waals surface area contributed by atoms with Crippen molar-refractivity contribution in [3.63, 3.8) is 0 Å². The first-order valence-electron chi connectivity index (χ1n) is 7.92. The number of carbonyl (C=O) groups excluding carboxylic acids is 1. The zero-order valence-corrected chi connectivity index (χ0v) is 16.5. The molecular weight excluding hydrogens is 384 g/mol. The van der Waals surface area contributed by atoms with Crippen LogP contribution in [0, 0.1) is 0 Å². The molecule has 0 aliphatic heterocycles. The van der Waals surface area contributed by atoms with Gasteiger partial charge in [-0.1, -0.05) is 22.0 Å². The van der Waals surface area contributed by atoms with Gasteiger partial charge in [-0.05, 0) is 44.3 Å². The molecule has 0 saturated heterocycles. The van der Waals surface area contributed by atoms with Crippen LogP contribution in [0.3, 0.4) is 0 Å². The van der Waals surface area contributed by atoms with Crippen molar-refractivity contribution in [2.75, 3.05) is 26.6 Å². The Balaban J connectivity index is 2.04. The number of carbonyl (C=O) groups is 1. The van der Waals surface area contributed by atoms with Crippen molar-refractivity contribution in [3.8, 4) is 11.5 Å². The summed E-state index contributed by atoms with van der Waals surface area (Å²) < 4.78 is 11.6. The zero-order chi connectivity index (χ0) is 18.4. The first-order chi connectivity index (χ1) is 11.9. The highest BCUT2D eigenvalue weighted by Gasteiger charge is 2.19. The molecule has 1 N–H and O–H groups in total. The highest BCUT2D eigenvalue weighted by Crippen LogP contribution is 2.25. The van der Waals surface area contributed by atoms with Crippen molar-refractivity contribution < 1.29 is 14.3 Å². The molecule has 0 saturated carbocycles. The number of anilines is 1. The Labute approximate surface area is 157 Å². The molecule has 1 atom stereocenters. The minimum Gasteiger partial charge on any atom is -0.497 e. The number of benzene rings is 2. The number of rotatable bonds is 7. The maximum absolute atomic E-state index is 12.5. The summed E-state index contributed by atoms with van der Waals surface area (Å²) in [4.78, 5) is 14.5. The number of hydrogen-bond acceptors (Lipinski definition) is 4. The number of ether oxygens (including phenoxy) is 2. The van der Waals surface area contributed by atoms with Gasteiger partial charge in [-0.2, -0.15) is 0 Å². The molecule has 6 heteroatoms. The maximum Gasteiger partial charge on any atom is 0.241 e. The molecule has 2 aromatic rings. The molecule has 0 aliphatic carbocycles. The standard InChI is InChI=1S/C19H23BrN2O3/c1-13(19(23)21-16-6-5-7-17(11-16)24-3)22(2)12-14-10-15(20)8-9-18(14)25-4/h5-11,13H,12H2,1-4H3,(H,21,23)/t13-/m0/s1. The third kappa shape index (κ3) is 5.21. The molecule has 134 valence electrons. The Kier molecular flexibility index (Phi) is 6.84. The highest BCUT2D eigenvalue weighted by molar-refractivity contribution is 9.10. The Hall–Kier alpha value is -2.05. The summed E-state index contributed by atoms with van der Waals surface area (Å²) in [6.45, 7) is 2.47. The van der Waals surface area contributed by atoms with Crippen LogP contribution in [0.25, 0.3) is 0 Å². The lowest BCUT2D eigenvalue weighted by Crippen LogP contribution is -2.39. The fraction of sp³-hybridized carbons (Fsp3) is 0.316. The molecule has 2 aromatic carbocycles. The van der Waals surface area contributed by atoms with Gasteiger partial charge in [-0.15, -0.1) is 0 Å². The lowest BCUT2D eigenvalue weighted by Gasteiger charge is -2.25. The van der Waals surface area contributed by atoms with E-state index in [1.165, 1.54) is 0 Å². The lowest BCUT2D eigenvalue weighted by molar-refractivity contribution is -0.120. The van der Waals surface area contributed by atoms with E-state index in [0.29, 0.717) is 18.0 Å². The number of likely N-dealkylation sites (N-methyl/N-ethyl adjacent to an activating group) is 1. The summed E-state index contributed by atoms with van der Waals surface area (Å²) in [7, 11) is 5.16. The number of halogens is 1. The average molecular weight is 407 g/mol. The van der Waals surface area contributed by atoms with E-state index in [4.69, 9.17) is 9.47 Å². The van der Waals surface area contributed by atoms with E-state index in [-0.39, 0.29) is 11.9 Å². The van der Waals surface area contributed by atoms with Crippen LogP contribution < -0.4 is 14.8 Å². The maximum atomic E-state index is 12.5. The van der Waals surface area contributed by atoms with Gasteiger partial charge >= 0.3 is 0 Å². The quantitative estimate of drug-likeness (QED) is 0.756. The number of amides is 1. The van der Waals surface area contributed by atoms with Gasteiger partial charge < -0.3 is 14.8 Å². The predicted molar refractivity (Wildman–Crippen MR) is 103 cm³/mol. The van der Waals surface area contributed by atoms with Crippen molar-refractivity contribution in [1.82, 2.24) is 4.90 Å². The largest absolute Gasteiger partial charge is 0.497 e. The number of methoxy groups -OCH3 is 2. The van der Waals surface area contributed by atoms with Crippen molar-refractivity contribution in [2.24, 2.45) is 0 Å². The van der Waals surface area contributed by atoms with E-state index in [0.717, 1.165) is 15.8 Å². The smallest absolute Gasteiger partial charge is 0.241 e. The summed E-state index contributed by atoms with van der Waals surface area (Å²) in [6, 6.07) is 12.8. The fourth-order valence-electron chi connectivity index (χ4n) is 2.42. The lowest BCUT2D eigenvalue weighted by atomic mass is 10.1. The van der Waals surface area contributed by atoms with E-state index in [1.807, 2.05) is 55.3 Å². The summed E-state index contributed by atoms with van der Waals surface area (Å²) in [5.41, 5.74) is 1.73. The van der Waals surface area contributed by atoms with E-state index < -0.39 is 0 Å². The minimum absolute atomic E-state index is 0.0790. The third-order valence-electron chi connectivity index (χ3n) is 4.04. The van der Waals surface area contributed by atoms with Crippen LogP contribution in [0.15, 0.2) is 46.9 Å². The topological polar surface area (TPSA) is 50.8 Å². The molecule has 25 heavy (non-hydrogen) atoms. The molecule has 0 heterocycles. The van der Waals surface area contributed by atoms with E-state index in [9.17, 15) is 4.79 Å². The van der Waals surface area contributed by atoms with Crippen LogP contribution in [0.1, 0.15) is 12.5 Å². The average Bonchev–Trinajstić information content (AvgIpc) is 2.61. The molecule has 0 unspecified atom stereocenters. The molecule has 0 aromatic heterocycles. The molecule has 0 fully saturated rings. The van der Waals surface area contributed by atoms with E-state index >= 15 is 0 Å². The highest BCUT2D eigenvalue weighted by atomic mass is 79.9.